The molecule has 0 aromatic heterocycles. The second-order valence-electron chi connectivity index (χ2n) is 3.44. The molecule has 0 saturated heterocycles. The van der Waals surface area contributed by atoms with Crippen LogP contribution in [-0.2, 0) is 9.53 Å². The second kappa shape index (κ2) is 4.84. The third-order valence-electron chi connectivity index (χ3n) is 0.987. The highest BCUT2D eigenvalue weighted by atomic mass is 127. The predicted octanol–water partition coefficient (Wildman–Crippen LogP) is 2.71. The van der Waals surface area contributed by atoms with E-state index < -0.39 is 5.60 Å². The molecule has 0 aliphatic heterocycles. The summed E-state index contributed by atoms with van der Waals surface area (Å²) < 4.78 is 18.5. The summed E-state index contributed by atoms with van der Waals surface area (Å²) in [7, 11) is 0. The number of carbonyl (C=O) groups is 1. The summed E-state index contributed by atoms with van der Waals surface area (Å²) >= 11 is 1.96. The summed E-state index contributed by atoms with van der Waals surface area (Å²) in [6, 6.07) is 0. The average Bonchev–Trinajstić information content (AvgIpc) is 1.96. The van der Waals surface area contributed by atoms with E-state index >= 15 is 0 Å². The van der Waals surface area contributed by atoms with E-state index in [0.29, 0.717) is 6.42 Å². The van der Waals surface area contributed by atoms with Crippen LogP contribution in [0.5, 0.6) is 0 Å². The Bertz CT molecular complexity index is 229. The fraction of sp³-hybridized carbons (Fsp3) is 0.667. The molecule has 12 heavy (non-hydrogen) atoms. The van der Waals surface area contributed by atoms with Gasteiger partial charge in [0.2, 0.25) is 0 Å². The van der Waals surface area contributed by atoms with Crippen molar-refractivity contribution < 1.29 is 12.3 Å². The molecule has 0 aromatic carbocycles. The lowest BCUT2D eigenvalue weighted by Gasteiger charge is -2.21. The molecule has 70 valence electrons. The van der Waals surface area contributed by atoms with Crippen molar-refractivity contribution >= 4 is 28.6 Å². The topological polar surface area (TPSA) is 26.3 Å². The van der Waals surface area contributed by atoms with Crippen molar-refractivity contribution in [1.82, 2.24) is 0 Å². The Morgan fingerprint density at radius 2 is 2.42 bits per heavy atom. The van der Waals surface area contributed by atoms with Crippen LogP contribution in [0.3, 0.4) is 0 Å². The van der Waals surface area contributed by atoms with Gasteiger partial charge in [-0.2, -0.15) is 0 Å². The number of halogens is 1. The van der Waals surface area contributed by atoms with Crippen LogP contribution >= 0.6 is 22.6 Å². The van der Waals surface area contributed by atoms with E-state index in [0.717, 1.165) is 0 Å². The highest BCUT2D eigenvalue weighted by Crippen LogP contribution is 2.14. The van der Waals surface area contributed by atoms with Crippen molar-refractivity contribution in [2.45, 2.75) is 36.7 Å². The van der Waals surface area contributed by atoms with Gasteiger partial charge >= 0.3 is 5.97 Å². The van der Waals surface area contributed by atoms with Gasteiger partial charge in [-0.1, -0.05) is 28.7 Å². The predicted molar refractivity (Wildman–Crippen MR) is 58.5 cm³/mol. The zero-order valence-electron chi connectivity index (χ0n) is 9.56. The van der Waals surface area contributed by atoms with Gasteiger partial charge in [0, 0.05) is 0 Å². The molecule has 0 fully saturated rings. The van der Waals surface area contributed by atoms with Crippen molar-refractivity contribution in [3.8, 4) is 0 Å². The SMILES string of the molecule is [2H]C([2H])=CCC(I)C(=O)OC(C)(C)C. The molecule has 0 bridgehead atoms. The van der Waals surface area contributed by atoms with Crippen molar-refractivity contribution in [3.05, 3.63) is 12.6 Å². The van der Waals surface area contributed by atoms with Crippen LogP contribution in [0.15, 0.2) is 12.6 Å². The van der Waals surface area contributed by atoms with E-state index in [2.05, 4.69) is 0 Å². The summed E-state index contributed by atoms with van der Waals surface area (Å²) in [6.07, 6.45) is 1.76. The van der Waals surface area contributed by atoms with E-state index in [4.69, 9.17) is 7.48 Å². The number of alkyl halides is 1. The van der Waals surface area contributed by atoms with Gasteiger partial charge < -0.3 is 4.74 Å². The highest BCUT2D eigenvalue weighted by molar-refractivity contribution is 14.1. The first-order chi connectivity index (χ1) is 6.22. The quantitative estimate of drug-likeness (QED) is 0.345. The minimum atomic E-state index is -0.477. The van der Waals surface area contributed by atoms with Crippen LogP contribution in [0.2, 0.25) is 0 Å². The van der Waals surface area contributed by atoms with Gasteiger partial charge in [0.15, 0.2) is 0 Å². The van der Waals surface area contributed by atoms with Crippen LogP contribution in [0.4, 0.5) is 0 Å². The standard InChI is InChI=1S/C9H15IO2/c1-5-6-7(10)8(11)12-9(2,3)4/h5,7H,1,6H2,2-4H3/i1D2. The third kappa shape index (κ3) is 5.57. The number of carbonyl (C=O) groups excluding carboxylic acids is 1. The normalized spacial score (nSPS) is 15.7. The highest BCUT2D eigenvalue weighted by Gasteiger charge is 2.21. The number of rotatable bonds is 3. The van der Waals surface area contributed by atoms with Crippen molar-refractivity contribution in [2.75, 3.05) is 0 Å². The van der Waals surface area contributed by atoms with Gasteiger partial charge in [-0.3, -0.25) is 4.79 Å². The maximum Gasteiger partial charge on any atom is 0.319 e. The molecule has 0 heterocycles. The lowest BCUT2D eigenvalue weighted by molar-refractivity contribution is -0.153. The van der Waals surface area contributed by atoms with Crippen molar-refractivity contribution in [2.24, 2.45) is 0 Å². The Hall–Kier alpha value is -0.0600. The number of hydrogen-bond donors (Lipinski definition) is 0. The minimum absolute atomic E-state index is 0.268. The maximum atomic E-state index is 11.4. The molecule has 0 aliphatic carbocycles. The summed E-state index contributed by atoms with van der Waals surface area (Å²) in [5.74, 6) is -0.296. The van der Waals surface area contributed by atoms with Gasteiger partial charge in [0.05, 0.1) is 2.74 Å². The monoisotopic (exact) mass is 284 g/mol. The van der Waals surface area contributed by atoms with Crippen LogP contribution in [0.25, 0.3) is 0 Å². The maximum absolute atomic E-state index is 11.4. The molecule has 0 amide bonds. The number of esters is 1. The molecular weight excluding hydrogens is 267 g/mol. The number of ether oxygens (including phenoxy) is 1. The van der Waals surface area contributed by atoms with E-state index in [1.54, 1.807) is 0 Å². The fourth-order valence-electron chi connectivity index (χ4n) is 0.565. The summed E-state index contributed by atoms with van der Waals surface area (Å²) in [6.45, 7) is 5.16. The zero-order valence-corrected chi connectivity index (χ0v) is 9.71. The Balaban J connectivity index is 4.07. The molecule has 0 aromatic rings. The van der Waals surface area contributed by atoms with Crippen LogP contribution < -0.4 is 0 Å². The summed E-state index contributed by atoms with van der Waals surface area (Å²) in [5.41, 5.74) is -0.477. The number of allylic oxidation sites excluding steroid dienone is 1. The molecular formula is C9H15IO2. The van der Waals surface area contributed by atoms with E-state index in [-0.39, 0.29) is 16.4 Å². The van der Waals surface area contributed by atoms with Gasteiger partial charge in [0.1, 0.15) is 9.53 Å². The summed E-state index contributed by atoms with van der Waals surface area (Å²) in [4.78, 5) is 11.4. The lowest BCUT2D eigenvalue weighted by Crippen LogP contribution is -2.28. The van der Waals surface area contributed by atoms with Gasteiger partial charge in [-0.15, -0.1) is 6.53 Å². The van der Waals surface area contributed by atoms with E-state index in [1.807, 2.05) is 43.4 Å². The molecule has 0 rings (SSSR count). The molecule has 2 nitrogen and oxygen atoms in total. The average molecular weight is 284 g/mol. The Kier molecular flexibility index (Phi) is 3.44. The van der Waals surface area contributed by atoms with Crippen LogP contribution in [0.1, 0.15) is 29.9 Å². The zero-order chi connectivity index (χ0) is 11.4. The van der Waals surface area contributed by atoms with Crippen LogP contribution in [-0.4, -0.2) is 15.5 Å². The van der Waals surface area contributed by atoms with Crippen molar-refractivity contribution in [3.63, 3.8) is 0 Å². The van der Waals surface area contributed by atoms with Gasteiger partial charge in [-0.25, -0.2) is 0 Å². The first-order valence-electron chi connectivity index (χ1n) is 4.72. The Labute approximate surface area is 90.3 Å². The van der Waals surface area contributed by atoms with Gasteiger partial charge in [0.25, 0.3) is 0 Å². The molecule has 0 radical (unpaired) electrons. The Morgan fingerprint density at radius 3 is 2.83 bits per heavy atom. The first kappa shape index (κ1) is 8.53. The van der Waals surface area contributed by atoms with E-state index in [9.17, 15) is 4.79 Å². The molecule has 1 unspecified atom stereocenters. The Morgan fingerprint density at radius 1 is 1.83 bits per heavy atom. The molecule has 0 saturated carbocycles. The molecule has 0 spiro atoms. The lowest BCUT2D eigenvalue weighted by atomic mass is 10.2. The fourth-order valence-corrected chi connectivity index (χ4v) is 0.947. The minimum Gasteiger partial charge on any atom is -0.459 e. The second-order valence-corrected chi connectivity index (χ2v) is 4.94. The van der Waals surface area contributed by atoms with Gasteiger partial charge in [-0.05, 0) is 27.2 Å². The van der Waals surface area contributed by atoms with Crippen molar-refractivity contribution in [1.29, 1.82) is 0 Å². The smallest absolute Gasteiger partial charge is 0.319 e. The number of hydrogen-bond acceptors (Lipinski definition) is 2. The third-order valence-corrected chi connectivity index (χ3v) is 2.00. The summed E-state index contributed by atoms with van der Waals surface area (Å²) in [5, 5.41) is 0. The van der Waals surface area contributed by atoms with E-state index in [1.165, 1.54) is 6.08 Å². The molecule has 0 N–H and O–H groups in total. The molecule has 3 heteroatoms. The first-order valence-corrected chi connectivity index (χ1v) is 4.97. The largest absolute Gasteiger partial charge is 0.459 e. The molecule has 1 atom stereocenters. The molecule has 0 aliphatic rings. The van der Waals surface area contributed by atoms with Crippen LogP contribution in [0, 0.1) is 0 Å².